The van der Waals surface area contributed by atoms with Crippen LogP contribution in [0, 0.1) is 11.3 Å². The lowest BCUT2D eigenvalue weighted by Crippen LogP contribution is -2.60. The van der Waals surface area contributed by atoms with Crippen molar-refractivity contribution < 1.29 is 32.7 Å². The summed E-state index contributed by atoms with van der Waals surface area (Å²) in [6, 6.07) is 11.5. The molecule has 1 saturated heterocycles. The number of likely N-dealkylation sites (tertiary alicyclic amines) is 1. The number of rotatable bonds is 9. The van der Waals surface area contributed by atoms with Crippen molar-refractivity contribution >= 4 is 61.7 Å². The molecule has 2 aromatic carbocycles. The number of hydrogen-bond donors (Lipinski definition) is 4. The number of nitrogens with zero attached hydrogens (tertiary/aromatic N) is 3. The molecule has 0 aliphatic carbocycles. The molecule has 16 heteroatoms. The van der Waals surface area contributed by atoms with Gasteiger partial charge in [0.05, 0.1) is 5.60 Å². The smallest absolute Gasteiger partial charge is 0.293 e. The Labute approximate surface area is 275 Å². The minimum absolute atomic E-state index is 0.0310. The summed E-state index contributed by atoms with van der Waals surface area (Å²) in [6.07, 6.45) is 0.276. The highest BCUT2D eigenvalue weighted by atomic mass is 35.5. The Morgan fingerprint density at radius 2 is 1.65 bits per heavy atom. The van der Waals surface area contributed by atoms with Crippen LogP contribution >= 0.6 is 22.9 Å². The van der Waals surface area contributed by atoms with Crippen molar-refractivity contribution in [2.45, 2.75) is 57.0 Å². The Hall–Kier alpha value is -3.92. The molecule has 0 radical (unpaired) electrons. The van der Waals surface area contributed by atoms with Crippen LogP contribution < -0.4 is 15.4 Å². The van der Waals surface area contributed by atoms with Crippen LogP contribution in [0.3, 0.4) is 0 Å². The van der Waals surface area contributed by atoms with Crippen molar-refractivity contribution in [3.05, 3.63) is 70.2 Å². The van der Waals surface area contributed by atoms with E-state index in [9.17, 15) is 32.7 Å². The van der Waals surface area contributed by atoms with Gasteiger partial charge in [-0.25, -0.2) is 4.72 Å². The van der Waals surface area contributed by atoms with Crippen molar-refractivity contribution in [2.24, 2.45) is 11.3 Å². The fourth-order valence-electron chi connectivity index (χ4n) is 5.25. The highest BCUT2D eigenvalue weighted by Crippen LogP contribution is 2.46. The molecule has 0 saturated carbocycles. The van der Waals surface area contributed by atoms with Crippen LogP contribution in [0.4, 0.5) is 5.13 Å². The molecule has 1 aliphatic heterocycles. The number of carbonyl (C=O) groups is 4. The lowest BCUT2D eigenvalue weighted by atomic mass is 9.66. The summed E-state index contributed by atoms with van der Waals surface area (Å²) in [5.41, 5.74) is -1.33. The van der Waals surface area contributed by atoms with E-state index in [1.807, 2.05) is 18.6 Å². The normalized spacial score (nSPS) is 18.5. The standard InChI is InChI=1S/C30H35ClN6O7S2/c1-17(2)23(26(41)37-14-13-30(42,29(4,5)16-37)21-9-11-22(31)12-10-21)33-24(39)19-7-6-8-20(15-19)25(40)36-46(43,44)28-35-34-27(45-28)32-18(3)38/h6-12,15,17,23,42H,13-14,16H2,1-5H3,(H,33,39)(H,36,40)(H,32,34,38)/t23-,30+/m1/s1. The molecule has 13 nitrogen and oxygen atoms in total. The molecule has 0 spiro atoms. The number of carbonyl (C=O) groups excluding carboxylic acids is 4. The van der Waals surface area contributed by atoms with Gasteiger partial charge in [0.15, 0.2) is 0 Å². The van der Waals surface area contributed by atoms with E-state index in [0.29, 0.717) is 21.9 Å². The fourth-order valence-corrected chi connectivity index (χ4v) is 7.30. The van der Waals surface area contributed by atoms with Gasteiger partial charge in [-0.05, 0) is 48.2 Å². The first-order valence-electron chi connectivity index (χ1n) is 14.3. The average molecular weight is 691 g/mol. The Kier molecular flexibility index (Phi) is 10.2. The van der Waals surface area contributed by atoms with Gasteiger partial charge in [0.25, 0.3) is 26.2 Å². The number of nitrogens with one attached hydrogen (secondary N) is 3. The van der Waals surface area contributed by atoms with E-state index < -0.39 is 49.1 Å². The number of hydrogen-bond acceptors (Lipinski definition) is 10. The maximum Gasteiger partial charge on any atom is 0.293 e. The van der Waals surface area contributed by atoms with E-state index in [-0.39, 0.29) is 47.6 Å². The highest BCUT2D eigenvalue weighted by molar-refractivity contribution is 7.92. The van der Waals surface area contributed by atoms with E-state index in [1.165, 1.54) is 31.2 Å². The third-order valence-electron chi connectivity index (χ3n) is 7.84. The van der Waals surface area contributed by atoms with Gasteiger partial charge in [0.2, 0.25) is 16.9 Å². The molecule has 246 valence electrons. The van der Waals surface area contributed by atoms with Crippen molar-refractivity contribution in [2.75, 3.05) is 18.4 Å². The molecule has 3 aromatic rings. The van der Waals surface area contributed by atoms with Crippen molar-refractivity contribution in [3.63, 3.8) is 0 Å². The molecule has 0 bridgehead atoms. The fraction of sp³-hybridized carbons (Fsp3) is 0.400. The van der Waals surface area contributed by atoms with E-state index in [1.54, 1.807) is 43.0 Å². The van der Waals surface area contributed by atoms with E-state index >= 15 is 0 Å². The minimum Gasteiger partial charge on any atom is -0.384 e. The van der Waals surface area contributed by atoms with Crippen LogP contribution in [0.1, 0.15) is 67.3 Å². The summed E-state index contributed by atoms with van der Waals surface area (Å²) in [6.45, 7) is 9.06. The summed E-state index contributed by atoms with van der Waals surface area (Å²) in [5, 5.41) is 24.3. The highest BCUT2D eigenvalue weighted by Gasteiger charge is 2.50. The van der Waals surface area contributed by atoms with Crippen molar-refractivity contribution in [1.82, 2.24) is 25.1 Å². The van der Waals surface area contributed by atoms with Gasteiger partial charge in [-0.3, -0.25) is 19.2 Å². The first kappa shape index (κ1) is 34.9. The van der Waals surface area contributed by atoms with E-state index in [4.69, 9.17) is 11.6 Å². The summed E-state index contributed by atoms with van der Waals surface area (Å²) < 4.78 is 26.7. The number of aliphatic hydroxyl groups is 1. The van der Waals surface area contributed by atoms with E-state index in [2.05, 4.69) is 20.8 Å². The van der Waals surface area contributed by atoms with Gasteiger partial charge in [0, 0.05) is 41.6 Å². The molecule has 4 amide bonds. The maximum absolute atomic E-state index is 13.8. The molecule has 0 unspecified atom stereocenters. The third-order valence-corrected chi connectivity index (χ3v) is 10.6. The number of aromatic nitrogens is 2. The van der Waals surface area contributed by atoms with Gasteiger partial charge in [-0.15, -0.1) is 10.2 Å². The predicted octanol–water partition coefficient (Wildman–Crippen LogP) is 3.17. The molecular weight excluding hydrogens is 656 g/mol. The van der Waals surface area contributed by atoms with Crippen LogP contribution in [0.15, 0.2) is 52.9 Å². The van der Waals surface area contributed by atoms with Crippen molar-refractivity contribution in [1.29, 1.82) is 0 Å². The molecule has 46 heavy (non-hydrogen) atoms. The summed E-state index contributed by atoms with van der Waals surface area (Å²) in [5.74, 6) is -2.75. The zero-order valence-electron chi connectivity index (χ0n) is 25.8. The number of benzene rings is 2. The number of halogens is 1. The topological polar surface area (TPSA) is 188 Å². The second-order valence-electron chi connectivity index (χ2n) is 12.0. The third kappa shape index (κ3) is 7.54. The zero-order chi connectivity index (χ0) is 34.0. The second-order valence-corrected chi connectivity index (χ2v) is 15.3. The van der Waals surface area contributed by atoms with Crippen LogP contribution in [0.2, 0.25) is 5.02 Å². The SMILES string of the molecule is CC(=O)Nc1nnc(S(=O)(=O)NC(=O)c2cccc(C(=O)N[C@@H](C(=O)N3CC[C@](O)(c4ccc(Cl)cc4)C(C)(C)C3)C(C)C)c2)s1. The average Bonchev–Trinajstić information content (AvgIpc) is 3.46. The summed E-state index contributed by atoms with van der Waals surface area (Å²) in [7, 11) is -4.43. The predicted molar refractivity (Wildman–Crippen MR) is 172 cm³/mol. The molecule has 2 atom stereocenters. The van der Waals surface area contributed by atoms with Crippen LogP contribution in [0.5, 0.6) is 0 Å². The monoisotopic (exact) mass is 690 g/mol. The van der Waals surface area contributed by atoms with Crippen LogP contribution in [-0.2, 0) is 25.2 Å². The zero-order valence-corrected chi connectivity index (χ0v) is 28.2. The van der Waals surface area contributed by atoms with Crippen LogP contribution in [0.25, 0.3) is 0 Å². The molecule has 2 heterocycles. The van der Waals surface area contributed by atoms with E-state index in [0.717, 1.165) is 0 Å². The second kappa shape index (κ2) is 13.4. The first-order chi connectivity index (χ1) is 21.4. The van der Waals surface area contributed by atoms with Gasteiger partial charge in [-0.2, -0.15) is 8.42 Å². The summed E-state index contributed by atoms with van der Waals surface area (Å²) in [4.78, 5) is 52.8. The molecule has 1 fully saturated rings. The summed E-state index contributed by atoms with van der Waals surface area (Å²) >= 11 is 6.60. The lowest BCUT2D eigenvalue weighted by Gasteiger charge is -2.51. The Morgan fingerprint density at radius 1 is 1.02 bits per heavy atom. The minimum atomic E-state index is -4.43. The number of sulfonamides is 1. The largest absolute Gasteiger partial charge is 0.384 e. The van der Waals surface area contributed by atoms with Gasteiger partial charge in [-0.1, -0.05) is 68.8 Å². The lowest BCUT2D eigenvalue weighted by molar-refractivity contribution is -0.155. The number of amides is 4. The number of piperidine rings is 1. The first-order valence-corrected chi connectivity index (χ1v) is 17.0. The maximum atomic E-state index is 13.8. The van der Waals surface area contributed by atoms with Crippen molar-refractivity contribution in [3.8, 4) is 0 Å². The van der Waals surface area contributed by atoms with Gasteiger partial charge < -0.3 is 20.6 Å². The molecule has 1 aromatic heterocycles. The molecule has 4 N–H and O–H groups in total. The molecular formula is C30H35ClN6O7S2. The Bertz CT molecular complexity index is 1760. The Balaban J connectivity index is 1.45. The Morgan fingerprint density at radius 3 is 2.24 bits per heavy atom. The number of anilines is 1. The van der Waals surface area contributed by atoms with Gasteiger partial charge in [0.1, 0.15) is 6.04 Å². The quantitative estimate of drug-likeness (QED) is 0.245. The molecule has 4 rings (SSSR count). The van der Waals surface area contributed by atoms with Gasteiger partial charge >= 0.3 is 0 Å². The molecule has 1 aliphatic rings. The van der Waals surface area contributed by atoms with Crippen LogP contribution in [-0.4, -0.2) is 71.4 Å².